The van der Waals surface area contributed by atoms with Crippen LogP contribution in [-0.4, -0.2) is 38.5 Å². The van der Waals surface area contributed by atoms with Gasteiger partial charge in [0.2, 0.25) is 10.0 Å². The van der Waals surface area contributed by atoms with Crippen molar-refractivity contribution in [3.63, 3.8) is 0 Å². The summed E-state index contributed by atoms with van der Waals surface area (Å²) < 4.78 is 32.2. The van der Waals surface area contributed by atoms with E-state index in [4.69, 9.17) is 10.5 Å². The first-order chi connectivity index (χ1) is 8.96. The first-order valence-corrected chi connectivity index (χ1v) is 7.80. The fourth-order valence-corrected chi connectivity index (χ4v) is 4.12. The summed E-state index contributed by atoms with van der Waals surface area (Å²) in [5.41, 5.74) is 7.16. The van der Waals surface area contributed by atoms with Crippen molar-refractivity contribution < 1.29 is 13.2 Å². The van der Waals surface area contributed by atoms with Gasteiger partial charge >= 0.3 is 0 Å². The highest BCUT2D eigenvalue weighted by atomic mass is 32.2. The average Bonchev–Trinajstić information content (AvgIpc) is 2.39. The van der Waals surface area contributed by atoms with E-state index >= 15 is 0 Å². The zero-order chi connectivity index (χ0) is 14.0. The molecule has 1 aromatic carbocycles. The third kappa shape index (κ3) is 2.81. The molecule has 1 aliphatic rings. The fourth-order valence-electron chi connectivity index (χ4n) is 2.24. The van der Waals surface area contributed by atoms with Crippen LogP contribution in [0.5, 0.6) is 0 Å². The van der Waals surface area contributed by atoms with Gasteiger partial charge < -0.3 is 10.5 Å². The Balaban J connectivity index is 2.43. The molecule has 106 valence electrons. The zero-order valence-corrected chi connectivity index (χ0v) is 12.1. The van der Waals surface area contributed by atoms with Gasteiger partial charge in [0.1, 0.15) is 0 Å². The normalized spacial score (nSPS) is 21.5. The molecular weight excluding hydrogens is 264 g/mol. The summed E-state index contributed by atoms with van der Waals surface area (Å²) in [5.74, 6) is 0. The molecule has 19 heavy (non-hydrogen) atoms. The van der Waals surface area contributed by atoms with Gasteiger partial charge in [-0.1, -0.05) is 12.1 Å². The Morgan fingerprint density at radius 1 is 1.47 bits per heavy atom. The molecule has 1 aromatic rings. The van der Waals surface area contributed by atoms with Crippen LogP contribution in [-0.2, 0) is 21.3 Å². The molecule has 0 amide bonds. The molecule has 0 aliphatic carbocycles. The Labute approximate surface area is 114 Å². The van der Waals surface area contributed by atoms with Crippen LogP contribution in [0.15, 0.2) is 23.1 Å². The van der Waals surface area contributed by atoms with E-state index in [0.29, 0.717) is 31.2 Å². The molecule has 0 bridgehead atoms. The number of aryl methyl sites for hydroxylation is 1. The topological polar surface area (TPSA) is 72.6 Å². The minimum absolute atomic E-state index is 0.139. The Bertz CT molecular complexity index is 557. The lowest BCUT2D eigenvalue weighted by Crippen LogP contribution is -2.47. The summed E-state index contributed by atoms with van der Waals surface area (Å²) in [6.45, 7) is 5.28. The van der Waals surface area contributed by atoms with Crippen molar-refractivity contribution in [2.75, 3.05) is 19.8 Å². The van der Waals surface area contributed by atoms with Gasteiger partial charge in [0.15, 0.2) is 0 Å². The van der Waals surface area contributed by atoms with Crippen LogP contribution in [0.2, 0.25) is 0 Å². The van der Waals surface area contributed by atoms with Crippen LogP contribution in [0.1, 0.15) is 18.1 Å². The van der Waals surface area contributed by atoms with Gasteiger partial charge in [-0.25, -0.2) is 8.42 Å². The van der Waals surface area contributed by atoms with Crippen molar-refractivity contribution in [3.8, 4) is 0 Å². The molecule has 1 atom stereocenters. The van der Waals surface area contributed by atoms with Crippen LogP contribution in [0.25, 0.3) is 0 Å². The molecular formula is C13H20N2O3S. The highest BCUT2D eigenvalue weighted by Gasteiger charge is 2.32. The summed E-state index contributed by atoms with van der Waals surface area (Å²) in [6.07, 6.45) is 0. The highest BCUT2D eigenvalue weighted by molar-refractivity contribution is 7.89. The minimum Gasteiger partial charge on any atom is -0.378 e. The quantitative estimate of drug-likeness (QED) is 0.893. The molecule has 2 N–H and O–H groups in total. The molecule has 1 unspecified atom stereocenters. The Kier molecular flexibility index (Phi) is 4.25. The predicted molar refractivity (Wildman–Crippen MR) is 73.2 cm³/mol. The molecule has 1 saturated heterocycles. The van der Waals surface area contributed by atoms with Crippen molar-refractivity contribution in [3.05, 3.63) is 29.3 Å². The van der Waals surface area contributed by atoms with E-state index in [0.717, 1.165) is 11.1 Å². The van der Waals surface area contributed by atoms with Gasteiger partial charge in [0.05, 0.1) is 18.1 Å². The van der Waals surface area contributed by atoms with E-state index < -0.39 is 10.0 Å². The number of nitrogens with zero attached hydrogens (tertiary/aromatic N) is 1. The maximum absolute atomic E-state index is 12.7. The summed E-state index contributed by atoms with van der Waals surface area (Å²) >= 11 is 0. The van der Waals surface area contributed by atoms with Gasteiger partial charge in [0, 0.05) is 19.1 Å². The first kappa shape index (κ1) is 14.5. The smallest absolute Gasteiger partial charge is 0.243 e. The number of hydrogen-bond acceptors (Lipinski definition) is 4. The lowest BCUT2D eigenvalue weighted by molar-refractivity contribution is 0.0392. The van der Waals surface area contributed by atoms with Crippen LogP contribution < -0.4 is 5.73 Å². The van der Waals surface area contributed by atoms with Crippen molar-refractivity contribution >= 4 is 10.0 Å². The molecule has 5 nitrogen and oxygen atoms in total. The van der Waals surface area contributed by atoms with Gasteiger partial charge in [-0.3, -0.25) is 0 Å². The van der Waals surface area contributed by atoms with Gasteiger partial charge in [-0.15, -0.1) is 0 Å². The molecule has 2 rings (SSSR count). The molecule has 6 heteroatoms. The lowest BCUT2D eigenvalue weighted by Gasteiger charge is -2.32. The Hall–Kier alpha value is -0.950. The summed E-state index contributed by atoms with van der Waals surface area (Å²) in [7, 11) is -3.48. The second kappa shape index (κ2) is 5.58. The van der Waals surface area contributed by atoms with Gasteiger partial charge in [-0.2, -0.15) is 4.31 Å². The molecule has 1 heterocycles. The van der Waals surface area contributed by atoms with Crippen LogP contribution in [0.3, 0.4) is 0 Å². The Morgan fingerprint density at radius 3 is 2.84 bits per heavy atom. The fraction of sp³-hybridized carbons (Fsp3) is 0.538. The van der Waals surface area contributed by atoms with Crippen molar-refractivity contribution in [1.82, 2.24) is 4.31 Å². The first-order valence-electron chi connectivity index (χ1n) is 6.36. The summed E-state index contributed by atoms with van der Waals surface area (Å²) in [4.78, 5) is 0.351. The average molecular weight is 284 g/mol. The number of benzene rings is 1. The van der Waals surface area contributed by atoms with Crippen LogP contribution >= 0.6 is 0 Å². The van der Waals surface area contributed by atoms with Gasteiger partial charge in [0.25, 0.3) is 0 Å². The number of nitrogens with two attached hydrogens (primary N) is 1. The standard InChI is InChI=1S/C13H20N2O3S/c1-10-3-4-12(8-14)7-13(10)19(16,17)15-5-6-18-9-11(15)2/h3-4,7,11H,5-6,8-9,14H2,1-2H3. The molecule has 0 spiro atoms. The number of rotatable bonds is 3. The summed E-state index contributed by atoms with van der Waals surface area (Å²) in [6, 6.07) is 5.20. The molecule has 1 fully saturated rings. The van der Waals surface area contributed by atoms with Crippen molar-refractivity contribution in [2.24, 2.45) is 5.73 Å². The highest BCUT2D eigenvalue weighted by Crippen LogP contribution is 2.24. The van der Waals surface area contributed by atoms with E-state index in [1.165, 1.54) is 4.31 Å². The number of sulfonamides is 1. The van der Waals surface area contributed by atoms with Gasteiger partial charge in [-0.05, 0) is 31.0 Å². The Morgan fingerprint density at radius 2 is 2.21 bits per heavy atom. The lowest BCUT2D eigenvalue weighted by atomic mass is 10.1. The van der Waals surface area contributed by atoms with Crippen LogP contribution in [0.4, 0.5) is 0 Å². The third-order valence-electron chi connectivity index (χ3n) is 3.38. The minimum atomic E-state index is -3.48. The number of hydrogen-bond donors (Lipinski definition) is 1. The predicted octanol–water partition coefficient (Wildman–Crippen LogP) is 0.863. The van der Waals surface area contributed by atoms with Crippen LogP contribution in [0, 0.1) is 6.92 Å². The van der Waals surface area contributed by atoms with Crippen molar-refractivity contribution in [1.29, 1.82) is 0 Å². The summed E-state index contributed by atoms with van der Waals surface area (Å²) in [5, 5.41) is 0. The zero-order valence-electron chi connectivity index (χ0n) is 11.3. The molecule has 0 saturated carbocycles. The molecule has 0 radical (unpaired) electrons. The van der Waals surface area contributed by atoms with E-state index in [1.54, 1.807) is 19.1 Å². The third-order valence-corrected chi connectivity index (χ3v) is 5.54. The van der Waals surface area contributed by atoms with E-state index in [-0.39, 0.29) is 6.04 Å². The maximum atomic E-state index is 12.7. The largest absolute Gasteiger partial charge is 0.378 e. The molecule has 0 aromatic heterocycles. The van der Waals surface area contributed by atoms with E-state index in [2.05, 4.69) is 0 Å². The van der Waals surface area contributed by atoms with Crippen molar-refractivity contribution in [2.45, 2.75) is 31.3 Å². The number of morpholine rings is 1. The second-order valence-corrected chi connectivity index (χ2v) is 6.70. The number of ether oxygens (including phenoxy) is 1. The maximum Gasteiger partial charge on any atom is 0.243 e. The SMILES string of the molecule is Cc1ccc(CN)cc1S(=O)(=O)N1CCOCC1C. The second-order valence-electron chi connectivity index (χ2n) is 4.84. The monoisotopic (exact) mass is 284 g/mol. The molecule has 1 aliphatic heterocycles. The van der Waals surface area contributed by atoms with E-state index in [1.807, 2.05) is 13.0 Å². The van der Waals surface area contributed by atoms with E-state index in [9.17, 15) is 8.42 Å².